The molecule has 0 amide bonds. The number of anilines is 1. The van der Waals surface area contributed by atoms with Crippen molar-refractivity contribution in [1.82, 2.24) is 10.2 Å². The number of benzene rings is 2. The SMILES string of the molecule is Cc1cccc(C2(O)CCN(c3ccc(OCc4ccccc4)nn3)CC2)c1. The monoisotopic (exact) mass is 375 g/mol. The Morgan fingerprint density at radius 3 is 2.43 bits per heavy atom. The standard InChI is InChI=1S/C23H25N3O2/c1-18-6-5-9-20(16-18)23(27)12-14-26(15-13-23)21-10-11-22(25-24-21)28-17-19-7-3-2-4-8-19/h2-11,16,27H,12-15,17H2,1H3. The van der Waals surface area contributed by atoms with E-state index in [2.05, 4.69) is 34.2 Å². The summed E-state index contributed by atoms with van der Waals surface area (Å²) in [6.45, 7) is 4.01. The average Bonchev–Trinajstić information content (AvgIpc) is 2.74. The maximum atomic E-state index is 11.1. The fourth-order valence-electron chi connectivity index (χ4n) is 3.62. The average molecular weight is 375 g/mol. The summed E-state index contributed by atoms with van der Waals surface area (Å²) < 4.78 is 5.70. The molecule has 0 saturated carbocycles. The van der Waals surface area contributed by atoms with Crippen LogP contribution in [0.3, 0.4) is 0 Å². The highest BCUT2D eigenvalue weighted by atomic mass is 16.5. The molecule has 144 valence electrons. The Kier molecular flexibility index (Phi) is 5.26. The Labute approximate surface area is 165 Å². The Hall–Kier alpha value is -2.92. The van der Waals surface area contributed by atoms with Crippen molar-refractivity contribution in [1.29, 1.82) is 0 Å². The Bertz CT molecular complexity index is 905. The summed E-state index contributed by atoms with van der Waals surface area (Å²) in [6, 6.07) is 21.9. The number of aromatic nitrogens is 2. The molecule has 1 aliphatic heterocycles. The van der Waals surface area contributed by atoms with Crippen LogP contribution >= 0.6 is 0 Å². The molecule has 0 unspecified atom stereocenters. The first-order valence-electron chi connectivity index (χ1n) is 9.67. The van der Waals surface area contributed by atoms with Gasteiger partial charge in [-0.2, -0.15) is 0 Å². The molecule has 0 bridgehead atoms. The lowest BCUT2D eigenvalue weighted by Gasteiger charge is -2.39. The second-order valence-corrected chi connectivity index (χ2v) is 7.39. The minimum Gasteiger partial charge on any atom is -0.472 e. The Morgan fingerprint density at radius 1 is 0.964 bits per heavy atom. The molecule has 0 radical (unpaired) electrons. The van der Waals surface area contributed by atoms with Crippen LogP contribution in [0.1, 0.15) is 29.5 Å². The van der Waals surface area contributed by atoms with Crippen LogP contribution in [0.15, 0.2) is 66.7 Å². The van der Waals surface area contributed by atoms with E-state index in [1.807, 2.05) is 54.6 Å². The van der Waals surface area contributed by atoms with Gasteiger partial charge in [0.1, 0.15) is 6.61 Å². The summed E-state index contributed by atoms with van der Waals surface area (Å²) in [6.07, 6.45) is 1.34. The zero-order valence-corrected chi connectivity index (χ0v) is 16.1. The summed E-state index contributed by atoms with van der Waals surface area (Å²) in [5, 5.41) is 19.6. The predicted molar refractivity (Wildman–Crippen MR) is 109 cm³/mol. The summed E-state index contributed by atoms with van der Waals surface area (Å²) in [5.41, 5.74) is 2.50. The van der Waals surface area contributed by atoms with Gasteiger partial charge in [-0.15, -0.1) is 10.2 Å². The molecule has 0 spiro atoms. The highest BCUT2D eigenvalue weighted by molar-refractivity contribution is 5.40. The fraction of sp³-hybridized carbons (Fsp3) is 0.304. The van der Waals surface area contributed by atoms with Crippen molar-refractivity contribution in [2.45, 2.75) is 32.0 Å². The smallest absolute Gasteiger partial charge is 0.233 e. The lowest BCUT2D eigenvalue weighted by Crippen LogP contribution is -2.43. The molecule has 28 heavy (non-hydrogen) atoms. The highest BCUT2D eigenvalue weighted by Gasteiger charge is 2.34. The molecule has 1 N–H and O–H groups in total. The topological polar surface area (TPSA) is 58.5 Å². The van der Waals surface area contributed by atoms with E-state index in [4.69, 9.17) is 4.74 Å². The largest absolute Gasteiger partial charge is 0.472 e. The minimum absolute atomic E-state index is 0.474. The van der Waals surface area contributed by atoms with Gasteiger partial charge in [0, 0.05) is 19.2 Å². The van der Waals surface area contributed by atoms with Gasteiger partial charge in [-0.25, -0.2) is 0 Å². The van der Waals surface area contributed by atoms with Crippen LogP contribution in [-0.4, -0.2) is 28.4 Å². The number of aliphatic hydroxyl groups is 1. The van der Waals surface area contributed by atoms with Crippen molar-refractivity contribution in [2.24, 2.45) is 0 Å². The van der Waals surface area contributed by atoms with Crippen LogP contribution < -0.4 is 9.64 Å². The van der Waals surface area contributed by atoms with Gasteiger partial charge in [0.05, 0.1) is 5.60 Å². The third-order valence-electron chi connectivity index (χ3n) is 5.33. The number of rotatable bonds is 5. The van der Waals surface area contributed by atoms with E-state index in [9.17, 15) is 5.11 Å². The van der Waals surface area contributed by atoms with E-state index in [1.165, 1.54) is 5.56 Å². The van der Waals surface area contributed by atoms with Gasteiger partial charge >= 0.3 is 0 Å². The molecule has 1 fully saturated rings. The number of piperidine rings is 1. The van der Waals surface area contributed by atoms with Crippen molar-refractivity contribution in [3.8, 4) is 5.88 Å². The van der Waals surface area contributed by atoms with Crippen molar-refractivity contribution < 1.29 is 9.84 Å². The van der Waals surface area contributed by atoms with Gasteiger partial charge in [0.15, 0.2) is 5.82 Å². The van der Waals surface area contributed by atoms with Crippen LogP contribution in [-0.2, 0) is 12.2 Å². The number of hydrogen-bond donors (Lipinski definition) is 1. The predicted octanol–water partition coefficient (Wildman–Crippen LogP) is 3.85. The highest BCUT2D eigenvalue weighted by Crippen LogP contribution is 2.34. The number of hydrogen-bond acceptors (Lipinski definition) is 5. The van der Waals surface area contributed by atoms with Crippen molar-refractivity contribution >= 4 is 5.82 Å². The molecule has 5 nitrogen and oxygen atoms in total. The van der Waals surface area contributed by atoms with E-state index in [0.29, 0.717) is 25.3 Å². The third kappa shape index (κ3) is 4.15. The van der Waals surface area contributed by atoms with E-state index < -0.39 is 5.60 Å². The van der Waals surface area contributed by atoms with Crippen LogP contribution in [0.25, 0.3) is 0 Å². The Balaban J connectivity index is 1.35. The molecule has 5 heteroatoms. The second kappa shape index (κ2) is 7.98. The molecule has 1 aliphatic rings. The van der Waals surface area contributed by atoms with Gasteiger partial charge in [-0.05, 0) is 37.0 Å². The van der Waals surface area contributed by atoms with Crippen molar-refractivity contribution in [3.05, 3.63) is 83.4 Å². The first kappa shape index (κ1) is 18.4. The van der Waals surface area contributed by atoms with Gasteiger partial charge in [0.2, 0.25) is 5.88 Å². The lowest BCUT2D eigenvalue weighted by atomic mass is 9.84. The lowest BCUT2D eigenvalue weighted by molar-refractivity contribution is 0.0116. The number of nitrogens with zero attached hydrogens (tertiary/aromatic N) is 3. The maximum absolute atomic E-state index is 11.1. The first-order chi connectivity index (χ1) is 13.6. The second-order valence-electron chi connectivity index (χ2n) is 7.39. The molecular formula is C23H25N3O2. The van der Waals surface area contributed by atoms with Crippen LogP contribution in [0.5, 0.6) is 5.88 Å². The molecule has 1 saturated heterocycles. The van der Waals surface area contributed by atoms with Gasteiger partial charge < -0.3 is 14.7 Å². The normalized spacial score (nSPS) is 16.0. The number of ether oxygens (including phenoxy) is 1. The zero-order valence-electron chi connectivity index (χ0n) is 16.1. The van der Waals surface area contributed by atoms with Crippen LogP contribution in [0.4, 0.5) is 5.82 Å². The zero-order chi connectivity index (χ0) is 19.4. The van der Waals surface area contributed by atoms with Gasteiger partial charge in [-0.1, -0.05) is 60.2 Å². The van der Waals surface area contributed by atoms with E-state index in [-0.39, 0.29) is 0 Å². The fourth-order valence-corrected chi connectivity index (χ4v) is 3.62. The minimum atomic E-state index is -0.769. The van der Waals surface area contributed by atoms with Gasteiger partial charge in [-0.3, -0.25) is 0 Å². The molecule has 0 atom stereocenters. The van der Waals surface area contributed by atoms with Crippen LogP contribution in [0, 0.1) is 6.92 Å². The maximum Gasteiger partial charge on any atom is 0.233 e. The molecule has 4 rings (SSSR count). The van der Waals surface area contributed by atoms with Crippen molar-refractivity contribution in [3.63, 3.8) is 0 Å². The molecule has 3 aromatic rings. The summed E-state index contributed by atoms with van der Waals surface area (Å²) in [7, 11) is 0. The molecule has 1 aromatic heterocycles. The molecule has 0 aliphatic carbocycles. The van der Waals surface area contributed by atoms with Crippen LogP contribution in [0.2, 0.25) is 0 Å². The molecule has 2 aromatic carbocycles. The van der Waals surface area contributed by atoms with E-state index in [0.717, 1.165) is 30.0 Å². The summed E-state index contributed by atoms with van der Waals surface area (Å²) >= 11 is 0. The van der Waals surface area contributed by atoms with Crippen molar-refractivity contribution in [2.75, 3.05) is 18.0 Å². The first-order valence-corrected chi connectivity index (χ1v) is 9.67. The third-order valence-corrected chi connectivity index (χ3v) is 5.33. The summed E-state index contributed by atoms with van der Waals surface area (Å²) in [5.74, 6) is 1.33. The van der Waals surface area contributed by atoms with Gasteiger partial charge in [0.25, 0.3) is 0 Å². The molecular weight excluding hydrogens is 350 g/mol. The number of aryl methyl sites for hydroxylation is 1. The molecule has 2 heterocycles. The van der Waals surface area contributed by atoms with E-state index in [1.54, 1.807) is 0 Å². The van der Waals surface area contributed by atoms with E-state index >= 15 is 0 Å². The summed E-state index contributed by atoms with van der Waals surface area (Å²) in [4.78, 5) is 2.16. The quantitative estimate of drug-likeness (QED) is 0.734. The Morgan fingerprint density at radius 2 is 1.75 bits per heavy atom.